The molecular formula is C16H17ClF3N5. The SMILES string of the molecule is FC(F)(F)c1ccc(Cl)c(Nc2nncc(NC3CCCCC3)n2)c1. The molecule has 0 bridgehead atoms. The molecule has 1 aromatic heterocycles. The lowest BCUT2D eigenvalue weighted by atomic mass is 9.96. The van der Waals surface area contributed by atoms with Crippen LogP contribution in [0.25, 0.3) is 0 Å². The van der Waals surface area contributed by atoms with Crippen molar-refractivity contribution in [1.29, 1.82) is 0 Å². The minimum Gasteiger partial charge on any atom is -0.366 e. The zero-order chi connectivity index (χ0) is 17.9. The second kappa shape index (κ2) is 7.43. The molecule has 2 aromatic rings. The summed E-state index contributed by atoms with van der Waals surface area (Å²) in [5.74, 6) is 0.620. The molecule has 9 heteroatoms. The monoisotopic (exact) mass is 371 g/mol. The van der Waals surface area contributed by atoms with E-state index in [4.69, 9.17) is 11.6 Å². The number of hydrogen-bond acceptors (Lipinski definition) is 5. The summed E-state index contributed by atoms with van der Waals surface area (Å²) in [4.78, 5) is 4.26. The molecule has 0 unspecified atom stereocenters. The predicted molar refractivity (Wildman–Crippen MR) is 90.1 cm³/mol. The van der Waals surface area contributed by atoms with Crippen molar-refractivity contribution in [2.24, 2.45) is 0 Å². The molecule has 1 fully saturated rings. The van der Waals surface area contributed by atoms with Gasteiger partial charge >= 0.3 is 6.18 Å². The van der Waals surface area contributed by atoms with Gasteiger partial charge in [0, 0.05) is 6.04 Å². The molecule has 0 aliphatic heterocycles. The number of aromatic nitrogens is 3. The van der Waals surface area contributed by atoms with Gasteiger partial charge in [0.15, 0.2) is 5.82 Å². The Hall–Kier alpha value is -2.09. The number of rotatable bonds is 4. The van der Waals surface area contributed by atoms with Crippen LogP contribution in [0.5, 0.6) is 0 Å². The Bertz CT molecular complexity index is 732. The highest BCUT2D eigenvalue weighted by Crippen LogP contribution is 2.34. The number of alkyl halides is 3. The van der Waals surface area contributed by atoms with E-state index in [1.165, 1.54) is 31.5 Å². The van der Waals surface area contributed by atoms with Crippen LogP contribution in [0.1, 0.15) is 37.7 Å². The van der Waals surface area contributed by atoms with Gasteiger partial charge in [0.1, 0.15) is 0 Å². The van der Waals surface area contributed by atoms with Gasteiger partial charge in [-0.3, -0.25) is 0 Å². The van der Waals surface area contributed by atoms with E-state index in [0.29, 0.717) is 11.9 Å². The Morgan fingerprint density at radius 2 is 1.88 bits per heavy atom. The van der Waals surface area contributed by atoms with E-state index in [1.807, 2.05) is 0 Å². The summed E-state index contributed by atoms with van der Waals surface area (Å²) in [6, 6.07) is 3.36. The van der Waals surface area contributed by atoms with Crippen LogP contribution >= 0.6 is 11.6 Å². The topological polar surface area (TPSA) is 62.7 Å². The summed E-state index contributed by atoms with van der Waals surface area (Å²) >= 11 is 5.97. The molecule has 0 amide bonds. The zero-order valence-electron chi connectivity index (χ0n) is 13.3. The third kappa shape index (κ3) is 4.72. The van der Waals surface area contributed by atoms with E-state index < -0.39 is 11.7 Å². The van der Waals surface area contributed by atoms with Gasteiger partial charge in [0.2, 0.25) is 5.95 Å². The van der Waals surface area contributed by atoms with Crippen LogP contribution < -0.4 is 10.6 Å². The largest absolute Gasteiger partial charge is 0.416 e. The van der Waals surface area contributed by atoms with Crippen molar-refractivity contribution in [1.82, 2.24) is 15.2 Å². The van der Waals surface area contributed by atoms with Crippen LogP contribution in [0.2, 0.25) is 5.02 Å². The number of nitrogens with zero attached hydrogens (tertiary/aromatic N) is 3. The van der Waals surface area contributed by atoms with E-state index in [1.54, 1.807) is 0 Å². The molecule has 1 aliphatic rings. The summed E-state index contributed by atoms with van der Waals surface area (Å²) in [5.41, 5.74) is -0.725. The summed E-state index contributed by atoms with van der Waals surface area (Å²) in [6.45, 7) is 0. The summed E-state index contributed by atoms with van der Waals surface area (Å²) < 4.78 is 38.5. The smallest absolute Gasteiger partial charge is 0.366 e. The van der Waals surface area contributed by atoms with Crippen molar-refractivity contribution in [3.05, 3.63) is 35.0 Å². The Morgan fingerprint density at radius 3 is 2.60 bits per heavy atom. The van der Waals surface area contributed by atoms with Gasteiger partial charge < -0.3 is 10.6 Å². The molecule has 0 radical (unpaired) electrons. The summed E-state index contributed by atoms with van der Waals surface area (Å²) in [5, 5.41) is 13.8. The van der Waals surface area contributed by atoms with Crippen molar-refractivity contribution in [2.75, 3.05) is 10.6 Å². The molecule has 25 heavy (non-hydrogen) atoms. The lowest BCUT2D eigenvalue weighted by molar-refractivity contribution is -0.137. The van der Waals surface area contributed by atoms with E-state index in [2.05, 4.69) is 25.8 Å². The van der Waals surface area contributed by atoms with Crippen LogP contribution in [0.15, 0.2) is 24.4 Å². The van der Waals surface area contributed by atoms with Crippen molar-refractivity contribution in [2.45, 2.75) is 44.3 Å². The number of anilines is 3. The lowest BCUT2D eigenvalue weighted by Crippen LogP contribution is -2.23. The first kappa shape index (κ1) is 17.7. The van der Waals surface area contributed by atoms with Gasteiger partial charge in [0.25, 0.3) is 0 Å². The Balaban J connectivity index is 1.75. The number of hydrogen-bond donors (Lipinski definition) is 2. The molecule has 1 saturated carbocycles. The quantitative estimate of drug-likeness (QED) is 0.789. The molecule has 3 rings (SSSR count). The molecule has 0 spiro atoms. The van der Waals surface area contributed by atoms with Gasteiger partial charge in [-0.2, -0.15) is 23.3 Å². The number of benzene rings is 1. The van der Waals surface area contributed by atoms with Crippen molar-refractivity contribution < 1.29 is 13.2 Å². The van der Waals surface area contributed by atoms with Crippen molar-refractivity contribution in [3.63, 3.8) is 0 Å². The maximum Gasteiger partial charge on any atom is 0.416 e. The highest BCUT2D eigenvalue weighted by molar-refractivity contribution is 6.33. The van der Waals surface area contributed by atoms with Crippen LogP contribution in [-0.4, -0.2) is 21.2 Å². The molecule has 5 nitrogen and oxygen atoms in total. The first-order chi connectivity index (χ1) is 11.9. The standard InChI is InChI=1S/C16H17ClF3N5/c17-12-7-6-10(16(18,19)20)8-13(12)23-15-24-14(9-21-25-15)22-11-4-2-1-3-5-11/h6-9,11H,1-5H2,(H2,22,23,24,25). The third-order valence-corrected chi connectivity index (χ3v) is 4.39. The predicted octanol–water partition coefficient (Wildman–Crippen LogP) is 5.03. The lowest BCUT2D eigenvalue weighted by Gasteiger charge is -2.23. The minimum atomic E-state index is -4.45. The van der Waals surface area contributed by atoms with Gasteiger partial charge in [-0.25, -0.2) is 0 Å². The molecule has 0 saturated heterocycles. The third-order valence-electron chi connectivity index (χ3n) is 4.06. The first-order valence-electron chi connectivity index (χ1n) is 8.02. The van der Waals surface area contributed by atoms with Crippen molar-refractivity contribution in [3.8, 4) is 0 Å². The molecular weight excluding hydrogens is 355 g/mol. The maximum atomic E-state index is 12.8. The number of halogens is 4. The average molecular weight is 372 g/mol. The zero-order valence-corrected chi connectivity index (χ0v) is 14.0. The second-order valence-corrected chi connectivity index (χ2v) is 6.37. The van der Waals surface area contributed by atoms with Crippen molar-refractivity contribution >= 4 is 29.1 Å². The highest BCUT2D eigenvalue weighted by atomic mass is 35.5. The van der Waals surface area contributed by atoms with Crippen LogP contribution in [0, 0.1) is 0 Å². The second-order valence-electron chi connectivity index (χ2n) is 5.96. The molecule has 0 atom stereocenters. The first-order valence-corrected chi connectivity index (χ1v) is 8.39. The van der Waals surface area contributed by atoms with Gasteiger partial charge in [0.05, 0.1) is 22.5 Å². The van der Waals surface area contributed by atoms with Crippen LogP contribution in [-0.2, 0) is 6.18 Å². The molecule has 1 aromatic carbocycles. The highest BCUT2D eigenvalue weighted by Gasteiger charge is 2.31. The molecule has 1 aliphatic carbocycles. The van der Waals surface area contributed by atoms with Gasteiger partial charge in [-0.15, -0.1) is 5.10 Å². The van der Waals surface area contributed by atoms with Crippen LogP contribution in [0.4, 0.5) is 30.6 Å². The Labute approximate surface area is 148 Å². The normalized spacial score (nSPS) is 15.8. The minimum absolute atomic E-state index is 0.0770. The fourth-order valence-corrected chi connectivity index (χ4v) is 2.96. The molecule has 2 N–H and O–H groups in total. The van der Waals surface area contributed by atoms with Crippen LogP contribution in [0.3, 0.4) is 0 Å². The Kier molecular flexibility index (Phi) is 5.27. The number of nitrogens with one attached hydrogen (secondary N) is 2. The maximum absolute atomic E-state index is 12.8. The summed E-state index contributed by atoms with van der Waals surface area (Å²) in [6.07, 6.45) is 2.74. The molecule has 134 valence electrons. The van der Waals surface area contributed by atoms with E-state index in [0.717, 1.165) is 25.0 Å². The van der Waals surface area contributed by atoms with E-state index in [9.17, 15) is 13.2 Å². The fraction of sp³-hybridized carbons (Fsp3) is 0.438. The molecule has 1 heterocycles. The van der Waals surface area contributed by atoms with E-state index in [-0.39, 0.29) is 16.7 Å². The fourth-order valence-electron chi connectivity index (χ4n) is 2.80. The summed E-state index contributed by atoms with van der Waals surface area (Å²) in [7, 11) is 0. The van der Waals surface area contributed by atoms with Gasteiger partial charge in [-0.1, -0.05) is 30.9 Å². The van der Waals surface area contributed by atoms with E-state index >= 15 is 0 Å². The average Bonchev–Trinajstić information content (AvgIpc) is 2.57. The van der Waals surface area contributed by atoms with Gasteiger partial charge in [-0.05, 0) is 31.0 Å². The Morgan fingerprint density at radius 1 is 1.12 bits per heavy atom.